The smallest absolute Gasteiger partial charge is 0.270 e. The second-order valence-electron chi connectivity index (χ2n) is 7.47. The fourth-order valence-corrected chi connectivity index (χ4v) is 3.82. The Morgan fingerprint density at radius 2 is 1.96 bits per heavy atom. The Kier molecular flexibility index (Phi) is 5.23. The third-order valence-corrected chi connectivity index (χ3v) is 5.45. The van der Waals surface area contributed by atoms with Crippen LogP contribution in [0.25, 0.3) is 11.0 Å². The number of aromatic amines is 2. The molecule has 4 rings (SSSR count). The Balaban J connectivity index is 1.41. The standard InChI is InChI=1S/C21H25N5O2/c1-26(13-19-14-7-3-2-4-8-15(14)24-25-19)20(27)12-11-18-21(28)23-17-10-6-5-9-16(17)22-18/h5-6,9-10H,2-4,7-8,11-13H2,1H3,(H,23,28)(H,24,25). The number of nitrogens with zero attached hydrogens (tertiary/aromatic N) is 3. The monoisotopic (exact) mass is 379 g/mol. The number of para-hydroxylation sites is 2. The van der Waals surface area contributed by atoms with Crippen molar-refractivity contribution < 1.29 is 4.79 Å². The molecule has 7 heteroatoms. The van der Waals surface area contributed by atoms with E-state index in [1.54, 1.807) is 11.9 Å². The predicted molar refractivity (Wildman–Crippen MR) is 107 cm³/mol. The van der Waals surface area contributed by atoms with E-state index >= 15 is 0 Å². The van der Waals surface area contributed by atoms with Gasteiger partial charge in [-0.15, -0.1) is 0 Å². The minimum atomic E-state index is -0.230. The van der Waals surface area contributed by atoms with Gasteiger partial charge >= 0.3 is 0 Å². The highest BCUT2D eigenvalue weighted by molar-refractivity contribution is 5.76. The SMILES string of the molecule is CN(Cc1n[nH]c2c1CCCCC2)C(=O)CCc1nc2ccccc2[nH]c1=O. The zero-order chi connectivity index (χ0) is 19.5. The number of aromatic nitrogens is 4. The molecule has 0 atom stereocenters. The van der Waals surface area contributed by atoms with Crippen LogP contribution in [0.2, 0.25) is 0 Å². The lowest BCUT2D eigenvalue weighted by molar-refractivity contribution is -0.130. The van der Waals surface area contributed by atoms with E-state index in [1.165, 1.54) is 30.5 Å². The molecule has 146 valence electrons. The molecule has 0 spiro atoms. The number of amides is 1. The zero-order valence-corrected chi connectivity index (χ0v) is 16.1. The second-order valence-corrected chi connectivity index (χ2v) is 7.47. The van der Waals surface area contributed by atoms with E-state index in [4.69, 9.17) is 0 Å². The molecule has 0 fully saturated rings. The Hall–Kier alpha value is -2.96. The molecule has 2 N–H and O–H groups in total. The molecular formula is C21H25N5O2. The summed E-state index contributed by atoms with van der Waals surface area (Å²) < 4.78 is 0. The van der Waals surface area contributed by atoms with Crippen LogP contribution in [-0.4, -0.2) is 38.0 Å². The Morgan fingerprint density at radius 3 is 2.86 bits per heavy atom. The van der Waals surface area contributed by atoms with Crippen LogP contribution in [0.5, 0.6) is 0 Å². The molecule has 1 amide bonds. The summed E-state index contributed by atoms with van der Waals surface area (Å²) in [5.41, 5.74) is 5.08. The van der Waals surface area contributed by atoms with Gasteiger partial charge in [0.05, 0.1) is 23.3 Å². The molecule has 0 radical (unpaired) electrons. The summed E-state index contributed by atoms with van der Waals surface area (Å²) in [5, 5.41) is 7.59. The second kappa shape index (κ2) is 7.96. The maximum Gasteiger partial charge on any atom is 0.270 e. The molecule has 1 aliphatic carbocycles. The first kappa shape index (κ1) is 18.4. The summed E-state index contributed by atoms with van der Waals surface area (Å²) in [6.45, 7) is 0.492. The predicted octanol–water partition coefficient (Wildman–Crippen LogP) is 2.51. The highest BCUT2D eigenvalue weighted by Gasteiger charge is 2.19. The first-order chi connectivity index (χ1) is 13.6. The molecule has 0 bridgehead atoms. The molecule has 28 heavy (non-hydrogen) atoms. The fraction of sp³-hybridized carbons (Fsp3) is 0.429. The number of nitrogens with one attached hydrogen (secondary N) is 2. The van der Waals surface area contributed by atoms with E-state index in [2.05, 4.69) is 20.2 Å². The molecule has 0 saturated heterocycles. The summed E-state index contributed by atoms with van der Waals surface area (Å²) >= 11 is 0. The minimum Gasteiger partial charge on any atom is -0.340 e. The van der Waals surface area contributed by atoms with Crippen molar-refractivity contribution in [2.24, 2.45) is 0 Å². The molecule has 2 heterocycles. The van der Waals surface area contributed by atoms with E-state index in [1.807, 2.05) is 24.3 Å². The van der Waals surface area contributed by atoms with Gasteiger partial charge < -0.3 is 9.88 Å². The van der Waals surface area contributed by atoms with E-state index in [9.17, 15) is 9.59 Å². The maximum atomic E-state index is 12.6. The van der Waals surface area contributed by atoms with Gasteiger partial charge in [0.25, 0.3) is 5.56 Å². The maximum absolute atomic E-state index is 12.6. The van der Waals surface area contributed by atoms with Gasteiger partial charge in [0.15, 0.2) is 0 Å². The third-order valence-electron chi connectivity index (χ3n) is 5.45. The Labute approximate surface area is 163 Å². The van der Waals surface area contributed by atoms with Gasteiger partial charge in [-0.25, -0.2) is 4.98 Å². The summed E-state index contributed by atoms with van der Waals surface area (Å²) in [7, 11) is 1.79. The number of benzene rings is 1. The summed E-state index contributed by atoms with van der Waals surface area (Å²) in [6.07, 6.45) is 6.24. The lowest BCUT2D eigenvalue weighted by Crippen LogP contribution is -2.28. The summed E-state index contributed by atoms with van der Waals surface area (Å²) in [4.78, 5) is 33.7. The van der Waals surface area contributed by atoms with Crippen molar-refractivity contribution >= 4 is 16.9 Å². The van der Waals surface area contributed by atoms with Gasteiger partial charge in [-0.2, -0.15) is 5.10 Å². The van der Waals surface area contributed by atoms with Crippen LogP contribution in [-0.2, 0) is 30.6 Å². The first-order valence-corrected chi connectivity index (χ1v) is 9.88. The summed E-state index contributed by atoms with van der Waals surface area (Å²) in [5.74, 6) is -0.0141. The number of fused-ring (bicyclic) bond motifs is 2. The number of aryl methyl sites for hydroxylation is 2. The number of rotatable bonds is 5. The number of hydrogen-bond acceptors (Lipinski definition) is 4. The van der Waals surface area contributed by atoms with Crippen LogP contribution in [0, 0.1) is 0 Å². The number of hydrogen-bond donors (Lipinski definition) is 2. The summed E-state index contributed by atoms with van der Waals surface area (Å²) in [6, 6.07) is 7.41. The minimum absolute atomic E-state index is 0.0141. The van der Waals surface area contributed by atoms with Gasteiger partial charge in [-0.3, -0.25) is 14.7 Å². The van der Waals surface area contributed by atoms with Crippen LogP contribution in [0.15, 0.2) is 29.1 Å². The zero-order valence-electron chi connectivity index (χ0n) is 16.1. The lowest BCUT2D eigenvalue weighted by Gasteiger charge is -2.16. The van der Waals surface area contributed by atoms with Gasteiger partial charge in [-0.1, -0.05) is 18.6 Å². The van der Waals surface area contributed by atoms with Crippen LogP contribution in [0.1, 0.15) is 48.3 Å². The van der Waals surface area contributed by atoms with Gasteiger partial charge in [0.1, 0.15) is 5.69 Å². The molecule has 0 aliphatic heterocycles. The van der Waals surface area contributed by atoms with Gasteiger partial charge in [-0.05, 0) is 43.4 Å². The molecule has 0 saturated carbocycles. The Morgan fingerprint density at radius 1 is 1.14 bits per heavy atom. The van der Waals surface area contributed by atoms with Crippen molar-refractivity contribution in [3.8, 4) is 0 Å². The van der Waals surface area contributed by atoms with Crippen LogP contribution < -0.4 is 5.56 Å². The lowest BCUT2D eigenvalue weighted by atomic mass is 10.1. The van der Waals surface area contributed by atoms with Gasteiger partial charge in [0, 0.05) is 25.6 Å². The highest BCUT2D eigenvalue weighted by atomic mass is 16.2. The van der Waals surface area contributed by atoms with E-state index in [-0.39, 0.29) is 17.9 Å². The largest absolute Gasteiger partial charge is 0.340 e. The van der Waals surface area contributed by atoms with Crippen LogP contribution in [0.4, 0.5) is 0 Å². The number of carbonyl (C=O) groups is 1. The number of carbonyl (C=O) groups excluding carboxylic acids is 1. The van der Waals surface area contributed by atoms with Crippen molar-refractivity contribution in [1.82, 2.24) is 25.1 Å². The molecule has 2 aromatic heterocycles. The average Bonchev–Trinajstić information content (AvgIpc) is 2.92. The molecule has 7 nitrogen and oxygen atoms in total. The topological polar surface area (TPSA) is 94.7 Å². The quantitative estimate of drug-likeness (QED) is 0.666. The normalized spacial score (nSPS) is 13.9. The molecule has 0 unspecified atom stereocenters. The van der Waals surface area contributed by atoms with Crippen molar-refractivity contribution in [2.75, 3.05) is 7.05 Å². The molecule has 1 aliphatic rings. The third kappa shape index (κ3) is 3.83. The average molecular weight is 379 g/mol. The molecule has 3 aromatic rings. The van der Waals surface area contributed by atoms with Crippen molar-refractivity contribution in [2.45, 2.75) is 51.5 Å². The van der Waals surface area contributed by atoms with Crippen LogP contribution in [0.3, 0.4) is 0 Å². The first-order valence-electron chi connectivity index (χ1n) is 9.88. The fourth-order valence-electron chi connectivity index (χ4n) is 3.82. The van der Waals surface area contributed by atoms with Crippen molar-refractivity contribution in [3.05, 3.63) is 57.3 Å². The van der Waals surface area contributed by atoms with E-state index in [0.717, 1.165) is 24.1 Å². The van der Waals surface area contributed by atoms with E-state index < -0.39 is 0 Å². The van der Waals surface area contributed by atoms with Crippen LogP contribution >= 0.6 is 0 Å². The highest BCUT2D eigenvalue weighted by Crippen LogP contribution is 2.22. The van der Waals surface area contributed by atoms with E-state index in [0.29, 0.717) is 24.2 Å². The van der Waals surface area contributed by atoms with Crippen molar-refractivity contribution in [3.63, 3.8) is 0 Å². The van der Waals surface area contributed by atoms with Crippen molar-refractivity contribution in [1.29, 1.82) is 0 Å². The molecule has 1 aromatic carbocycles. The Bertz CT molecular complexity index is 1050. The number of H-pyrrole nitrogens is 2. The molecular weight excluding hydrogens is 354 g/mol. The van der Waals surface area contributed by atoms with Gasteiger partial charge in [0.2, 0.25) is 5.91 Å².